The normalized spacial score (nSPS) is 17.7. The van der Waals surface area contributed by atoms with Gasteiger partial charge in [0.2, 0.25) is 21.8 Å². The van der Waals surface area contributed by atoms with E-state index < -0.39 is 16.0 Å². The zero-order valence-electron chi connectivity index (χ0n) is 15.6. The molecule has 0 amide bonds. The van der Waals surface area contributed by atoms with Crippen LogP contribution in [0, 0.1) is 0 Å². The average Bonchev–Trinajstić information content (AvgIpc) is 2.74. The highest BCUT2D eigenvalue weighted by Crippen LogP contribution is 2.23. The molecule has 0 aliphatic carbocycles. The molecule has 1 fully saturated rings. The van der Waals surface area contributed by atoms with Crippen LogP contribution >= 0.6 is 0 Å². The Kier molecular flexibility index (Phi) is 6.10. The Morgan fingerprint density at radius 2 is 1.75 bits per heavy atom. The van der Waals surface area contributed by atoms with E-state index in [1.165, 1.54) is 42.8 Å². The van der Waals surface area contributed by atoms with Crippen molar-refractivity contribution in [3.63, 3.8) is 0 Å². The third kappa shape index (κ3) is 4.39. The van der Waals surface area contributed by atoms with Gasteiger partial charge in [-0.2, -0.15) is 4.31 Å². The van der Waals surface area contributed by atoms with Gasteiger partial charge in [0, 0.05) is 18.7 Å². The minimum Gasteiger partial charge on any atom is -0.480 e. The maximum absolute atomic E-state index is 12.9. The number of piperidine rings is 1. The minimum absolute atomic E-state index is 0.116. The smallest absolute Gasteiger partial charge is 0.337 e. The Balaban J connectivity index is 1.70. The largest absolute Gasteiger partial charge is 0.480 e. The number of nitrogens with zero attached hydrogens (tertiary/aromatic N) is 3. The van der Waals surface area contributed by atoms with Crippen molar-refractivity contribution >= 4 is 16.0 Å². The average molecular weight is 407 g/mol. The Morgan fingerprint density at radius 3 is 2.36 bits per heavy atom. The number of sulfonamides is 1. The van der Waals surface area contributed by atoms with Crippen LogP contribution in [0.25, 0.3) is 0 Å². The summed E-state index contributed by atoms with van der Waals surface area (Å²) < 4.78 is 42.6. The number of hydrogen-bond donors (Lipinski definition) is 0. The van der Waals surface area contributed by atoms with Crippen molar-refractivity contribution in [2.45, 2.75) is 23.8 Å². The predicted octanol–water partition coefficient (Wildman–Crippen LogP) is 1.50. The summed E-state index contributed by atoms with van der Waals surface area (Å²) in [5, 5.41) is 7.75. The Labute approximate surface area is 163 Å². The molecule has 10 heteroatoms. The van der Waals surface area contributed by atoms with Crippen LogP contribution in [0.3, 0.4) is 0 Å². The number of esters is 1. The van der Waals surface area contributed by atoms with E-state index in [2.05, 4.69) is 14.9 Å². The molecule has 1 aliphatic rings. The molecule has 1 aromatic carbocycles. The highest BCUT2D eigenvalue weighted by Gasteiger charge is 2.31. The van der Waals surface area contributed by atoms with Gasteiger partial charge in [-0.25, -0.2) is 13.2 Å². The van der Waals surface area contributed by atoms with Gasteiger partial charge in [-0.15, -0.1) is 10.2 Å². The second-order valence-electron chi connectivity index (χ2n) is 6.18. The molecule has 150 valence electrons. The van der Waals surface area contributed by atoms with Crippen LogP contribution in [0.4, 0.5) is 0 Å². The zero-order valence-corrected chi connectivity index (χ0v) is 16.4. The molecule has 3 rings (SSSR count). The van der Waals surface area contributed by atoms with E-state index in [4.69, 9.17) is 9.47 Å². The lowest BCUT2D eigenvalue weighted by Gasteiger charge is -2.31. The van der Waals surface area contributed by atoms with E-state index in [9.17, 15) is 13.2 Å². The highest BCUT2D eigenvalue weighted by atomic mass is 32.2. The summed E-state index contributed by atoms with van der Waals surface area (Å²) in [5.41, 5.74) is 0.291. The maximum atomic E-state index is 12.9. The minimum atomic E-state index is -3.70. The van der Waals surface area contributed by atoms with Gasteiger partial charge >= 0.3 is 5.97 Å². The summed E-state index contributed by atoms with van der Waals surface area (Å²) in [6, 6.07) is 8.93. The van der Waals surface area contributed by atoms with E-state index in [0.29, 0.717) is 36.7 Å². The molecule has 0 saturated carbocycles. The lowest BCUT2D eigenvalue weighted by Crippen LogP contribution is -2.44. The number of carbonyl (C=O) groups is 1. The summed E-state index contributed by atoms with van der Waals surface area (Å²) in [6.45, 7) is 0.601. The Bertz CT molecular complexity index is 915. The van der Waals surface area contributed by atoms with Crippen LogP contribution in [-0.4, -0.2) is 62.3 Å². The first kappa shape index (κ1) is 20.0. The van der Waals surface area contributed by atoms with E-state index in [-0.39, 0.29) is 17.5 Å². The summed E-state index contributed by atoms with van der Waals surface area (Å²) in [7, 11) is -0.938. The van der Waals surface area contributed by atoms with Crippen molar-refractivity contribution in [2.75, 3.05) is 27.3 Å². The van der Waals surface area contributed by atoms with Gasteiger partial charge in [-0.1, -0.05) is 0 Å². The number of methoxy groups -OCH3 is 2. The predicted molar refractivity (Wildman–Crippen MR) is 98.8 cm³/mol. The molecule has 28 heavy (non-hydrogen) atoms. The van der Waals surface area contributed by atoms with Crippen LogP contribution in [0.1, 0.15) is 23.2 Å². The third-order valence-electron chi connectivity index (χ3n) is 4.37. The molecule has 1 unspecified atom stereocenters. The van der Waals surface area contributed by atoms with Crippen LogP contribution < -0.4 is 9.47 Å². The van der Waals surface area contributed by atoms with Crippen molar-refractivity contribution in [3.05, 3.63) is 42.0 Å². The Morgan fingerprint density at radius 1 is 1.07 bits per heavy atom. The fraction of sp³-hybridized carbons (Fsp3) is 0.389. The molecule has 0 radical (unpaired) electrons. The van der Waals surface area contributed by atoms with Crippen LogP contribution in [0.15, 0.2) is 41.3 Å². The van der Waals surface area contributed by atoms with E-state index >= 15 is 0 Å². The van der Waals surface area contributed by atoms with Crippen LogP contribution in [0.2, 0.25) is 0 Å². The number of ether oxygens (including phenoxy) is 3. The number of benzene rings is 1. The molecular weight excluding hydrogens is 386 g/mol. The van der Waals surface area contributed by atoms with E-state index in [0.717, 1.165) is 0 Å². The molecule has 0 N–H and O–H groups in total. The van der Waals surface area contributed by atoms with Crippen molar-refractivity contribution in [3.8, 4) is 11.8 Å². The van der Waals surface area contributed by atoms with Crippen LogP contribution in [-0.2, 0) is 14.8 Å². The zero-order chi connectivity index (χ0) is 20.1. The maximum Gasteiger partial charge on any atom is 0.337 e. The first-order valence-electron chi connectivity index (χ1n) is 8.67. The highest BCUT2D eigenvalue weighted by molar-refractivity contribution is 7.89. The van der Waals surface area contributed by atoms with Gasteiger partial charge in [-0.05, 0) is 37.1 Å². The topological polar surface area (TPSA) is 108 Å². The quantitative estimate of drug-likeness (QED) is 0.663. The van der Waals surface area contributed by atoms with E-state index in [1.807, 2.05) is 0 Å². The first-order chi connectivity index (χ1) is 13.4. The Hall–Kier alpha value is -2.72. The van der Waals surface area contributed by atoms with Crippen molar-refractivity contribution in [1.29, 1.82) is 0 Å². The van der Waals surface area contributed by atoms with Crippen molar-refractivity contribution in [2.24, 2.45) is 0 Å². The fourth-order valence-corrected chi connectivity index (χ4v) is 4.41. The third-order valence-corrected chi connectivity index (χ3v) is 6.25. The molecule has 2 aromatic rings. The molecule has 1 aromatic heterocycles. The molecule has 1 saturated heterocycles. The lowest BCUT2D eigenvalue weighted by molar-refractivity contribution is 0.0600. The molecule has 0 spiro atoms. The molecular formula is C18H21N3O6S. The molecule has 9 nitrogen and oxygen atoms in total. The van der Waals surface area contributed by atoms with Gasteiger partial charge in [0.05, 0.1) is 31.2 Å². The second-order valence-corrected chi connectivity index (χ2v) is 8.11. The van der Waals surface area contributed by atoms with Gasteiger partial charge in [0.1, 0.15) is 6.10 Å². The number of hydrogen-bond acceptors (Lipinski definition) is 8. The number of rotatable bonds is 6. The molecule has 2 heterocycles. The molecule has 1 aliphatic heterocycles. The fourth-order valence-electron chi connectivity index (χ4n) is 2.90. The number of aromatic nitrogens is 2. The van der Waals surface area contributed by atoms with Gasteiger partial charge in [-0.3, -0.25) is 0 Å². The van der Waals surface area contributed by atoms with Gasteiger partial charge < -0.3 is 14.2 Å². The van der Waals surface area contributed by atoms with Gasteiger partial charge in [0.25, 0.3) is 0 Å². The SMILES string of the molecule is COC(=O)c1ccc(S(=O)(=O)N2CCCC(Oc3ccc(OC)nn3)C2)cc1. The monoisotopic (exact) mass is 407 g/mol. The second kappa shape index (κ2) is 8.53. The van der Waals surface area contributed by atoms with Crippen LogP contribution in [0.5, 0.6) is 11.8 Å². The summed E-state index contributed by atoms with van der Waals surface area (Å²) >= 11 is 0. The van der Waals surface area contributed by atoms with Crippen molar-refractivity contribution in [1.82, 2.24) is 14.5 Å². The summed E-state index contributed by atoms with van der Waals surface area (Å²) in [6.07, 6.45) is 1.04. The molecule has 0 bridgehead atoms. The van der Waals surface area contributed by atoms with Gasteiger partial charge in [0.15, 0.2) is 0 Å². The first-order valence-corrected chi connectivity index (χ1v) is 10.1. The van der Waals surface area contributed by atoms with E-state index in [1.54, 1.807) is 12.1 Å². The summed E-state index contributed by atoms with van der Waals surface area (Å²) in [4.78, 5) is 11.6. The van der Waals surface area contributed by atoms with Crippen molar-refractivity contribution < 1.29 is 27.4 Å². The number of carbonyl (C=O) groups excluding carboxylic acids is 1. The molecule has 1 atom stereocenters. The standard InChI is InChI=1S/C18H21N3O6S/c1-25-16-9-10-17(20-19-16)27-14-4-3-11-21(12-14)28(23,24)15-7-5-13(6-8-15)18(22)26-2/h5-10,14H,3-4,11-12H2,1-2H3. The summed E-state index contributed by atoms with van der Waals surface area (Å²) in [5.74, 6) is 0.166. The lowest BCUT2D eigenvalue weighted by atomic mass is 10.1.